The van der Waals surface area contributed by atoms with Crippen LogP contribution in [0, 0.1) is 23.3 Å². The molecule has 0 heterocycles. The van der Waals surface area contributed by atoms with Crippen molar-refractivity contribution in [2.45, 2.75) is 0 Å². The lowest BCUT2D eigenvalue weighted by Gasteiger charge is -2.14. The average molecular weight is 359 g/mol. The van der Waals surface area contributed by atoms with Gasteiger partial charge in [0.1, 0.15) is 17.1 Å². The van der Waals surface area contributed by atoms with Crippen LogP contribution < -0.4 is 19.5 Å². The number of halogens is 4. The molecular formula is C16H13F4NO4. The minimum Gasteiger partial charge on any atom is -0.497 e. The minimum absolute atomic E-state index is 0.0118. The maximum Gasteiger partial charge on any atom is 0.261 e. The van der Waals surface area contributed by atoms with Gasteiger partial charge in [0.2, 0.25) is 11.6 Å². The van der Waals surface area contributed by atoms with Crippen molar-refractivity contribution in [3.8, 4) is 17.2 Å². The Morgan fingerprint density at radius 3 is 1.96 bits per heavy atom. The van der Waals surface area contributed by atoms with Gasteiger partial charge >= 0.3 is 0 Å². The predicted molar refractivity (Wildman–Crippen MR) is 80.3 cm³/mol. The Labute approximate surface area is 140 Å². The summed E-state index contributed by atoms with van der Waals surface area (Å²) in [4.78, 5) is 12.2. The first-order valence-corrected chi connectivity index (χ1v) is 6.79. The van der Waals surface area contributed by atoms with Gasteiger partial charge in [0.05, 0.1) is 27.0 Å². The van der Waals surface area contributed by atoms with Crippen molar-refractivity contribution in [1.82, 2.24) is 0 Å². The molecule has 0 aromatic heterocycles. The van der Waals surface area contributed by atoms with Gasteiger partial charge in [-0.25, -0.2) is 8.78 Å². The van der Waals surface area contributed by atoms with Gasteiger partial charge in [0.25, 0.3) is 5.91 Å². The number of methoxy groups -OCH3 is 3. The zero-order valence-electron chi connectivity index (χ0n) is 13.4. The largest absolute Gasteiger partial charge is 0.497 e. The van der Waals surface area contributed by atoms with Crippen LogP contribution in [0.2, 0.25) is 0 Å². The Kier molecular flexibility index (Phi) is 5.35. The second-order valence-electron chi connectivity index (χ2n) is 4.68. The standard InChI is InChI=1S/C16H13F4NO4/c1-23-7-4-5-9(24-2)8(6-7)21-16(22)10-11(17)13(19)15(25-3)14(20)12(10)18/h4-6H,1-3H3,(H,21,22). The number of benzene rings is 2. The summed E-state index contributed by atoms with van der Waals surface area (Å²) >= 11 is 0. The second kappa shape index (κ2) is 7.29. The molecule has 0 saturated heterocycles. The van der Waals surface area contributed by atoms with E-state index in [0.29, 0.717) is 5.75 Å². The lowest BCUT2D eigenvalue weighted by atomic mass is 10.1. The van der Waals surface area contributed by atoms with Gasteiger partial charge in [-0.15, -0.1) is 0 Å². The van der Waals surface area contributed by atoms with E-state index in [9.17, 15) is 22.4 Å². The SMILES string of the molecule is COc1ccc(OC)c(NC(=O)c2c(F)c(F)c(OC)c(F)c2F)c1. The highest BCUT2D eigenvalue weighted by Gasteiger charge is 2.30. The topological polar surface area (TPSA) is 56.8 Å². The molecule has 1 N–H and O–H groups in total. The third-order valence-electron chi connectivity index (χ3n) is 3.31. The summed E-state index contributed by atoms with van der Waals surface area (Å²) in [7, 11) is 3.49. The van der Waals surface area contributed by atoms with E-state index in [2.05, 4.69) is 10.1 Å². The monoisotopic (exact) mass is 359 g/mol. The van der Waals surface area contributed by atoms with Crippen molar-refractivity contribution in [2.75, 3.05) is 26.6 Å². The van der Waals surface area contributed by atoms with Gasteiger partial charge in [0, 0.05) is 6.07 Å². The Bertz CT molecular complexity index is 797. The molecular weight excluding hydrogens is 346 g/mol. The molecule has 0 radical (unpaired) electrons. The molecule has 9 heteroatoms. The molecule has 0 saturated carbocycles. The Hall–Kier alpha value is -2.97. The number of carbonyl (C=O) groups excluding carboxylic acids is 1. The number of hydrogen-bond acceptors (Lipinski definition) is 4. The summed E-state index contributed by atoms with van der Waals surface area (Å²) in [6.07, 6.45) is 0. The Morgan fingerprint density at radius 1 is 0.880 bits per heavy atom. The first kappa shape index (κ1) is 18.4. The van der Waals surface area contributed by atoms with Crippen molar-refractivity contribution < 1.29 is 36.6 Å². The molecule has 25 heavy (non-hydrogen) atoms. The number of nitrogens with one attached hydrogen (secondary N) is 1. The molecule has 0 atom stereocenters. The molecule has 0 bridgehead atoms. The van der Waals surface area contributed by atoms with Gasteiger partial charge in [-0.05, 0) is 12.1 Å². The number of hydrogen-bond donors (Lipinski definition) is 1. The Balaban J connectivity index is 2.50. The molecule has 0 fully saturated rings. The van der Waals surface area contributed by atoms with E-state index in [4.69, 9.17) is 9.47 Å². The van der Waals surface area contributed by atoms with Gasteiger partial charge in [-0.1, -0.05) is 0 Å². The number of anilines is 1. The maximum absolute atomic E-state index is 14.0. The van der Waals surface area contributed by atoms with Crippen LogP contribution in [0.3, 0.4) is 0 Å². The van der Waals surface area contributed by atoms with Crippen LogP contribution in [0.25, 0.3) is 0 Å². The van der Waals surface area contributed by atoms with Crippen LogP contribution in [0.1, 0.15) is 10.4 Å². The number of ether oxygens (including phenoxy) is 3. The van der Waals surface area contributed by atoms with Gasteiger partial charge in [-0.2, -0.15) is 8.78 Å². The number of amides is 1. The van der Waals surface area contributed by atoms with E-state index in [-0.39, 0.29) is 11.4 Å². The fraction of sp³-hybridized carbons (Fsp3) is 0.188. The fourth-order valence-electron chi connectivity index (χ4n) is 2.09. The molecule has 0 aliphatic carbocycles. The third kappa shape index (κ3) is 3.30. The summed E-state index contributed by atoms with van der Waals surface area (Å²) in [6.45, 7) is 0. The normalized spacial score (nSPS) is 10.4. The fourth-order valence-corrected chi connectivity index (χ4v) is 2.09. The lowest BCUT2D eigenvalue weighted by molar-refractivity contribution is 0.101. The number of rotatable bonds is 5. The van der Waals surface area contributed by atoms with E-state index < -0.39 is 40.5 Å². The quantitative estimate of drug-likeness (QED) is 0.656. The molecule has 2 aromatic rings. The van der Waals surface area contributed by atoms with Gasteiger partial charge < -0.3 is 19.5 Å². The summed E-state index contributed by atoms with van der Waals surface area (Å²) < 4.78 is 69.7. The van der Waals surface area contributed by atoms with Crippen LogP contribution in [0.5, 0.6) is 17.2 Å². The average Bonchev–Trinajstić information content (AvgIpc) is 2.60. The van der Waals surface area contributed by atoms with Crippen molar-refractivity contribution in [1.29, 1.82) is 0 Å². The Morgan fingerprint density at radius 2 is 1.48 bits per heavy atom. The van der Waals surface area contributed by atoms with Crippen LogP contribution in [-0.2, 0) is 0 Å². The van der Waals surface area contributed by atoms with Gasteiger partial charge in [-0.3, -0.25) is 4.79 Å². The van der Waals surface area contributed by atoms with E-state index in [1.807, 2.05) is 0 Å². The highest BCUT2D eigenvalue weighted by atomic mass is 19.2. The summed E-state index contributed by atoms with van der Waals surface area (Å²) in [5.41, 5.74) is -1.44. The second-order valence-corrected chi connectivity index (χ2v) is 4.68. The van der Waals surface area contributed by atoms with Crippen LogP contribution in [-0.4, -0.2) is 27.2 Å². The third-order valence-corrected chi connectivity index (χ3v) is 3.31. The van der Waals surface area contributed by atoms with E-state index in [0.717, 1.165) is 7.11 Å². The van der Waals surface area contributed by atoms with E-state index in [1.54, 1.807) is 0 Å². The maximum atomic E-state index is 14.0. The predicted octanol–water partition coefficient (Wildman–Crippen LogP) is 3.52. The molecule has 5 nitrogen and oxygen atoms in total. The molecule has 0 aliphatic rings. The van der Waals surface area contributed by atoms with Crippen molar-refractivity contribution in [2.24, 2.45) is 0 Å². The molecule has 2 rings (SSSR count). The molecule has 134 valence electrons. The zero-order chi connectivity index (χ0) is 18.7. The van der Waals surface area contributed by atoms with E-state index in [1.165, 1.54) is 32.4 Å². The number of carbonyl (C=O) groups is 1. The van der Waals surface area contributed by atoms with Crippen molar-refractivity contribution in [3.05, 3.63) is 47.0 Å². The molecule has 2 aromatic carbocycles. The first-order chi connectivity index (χ1) is 11.8. The molecule has 0 spiro atoms. The highest BCUT2D eigenvalue weighted by Crippen LogP contribution is 2.32. The molecule has 0 unspecified atom stereocenters. The summed E-state index contributed by atoms with van der Waals surface area (Å²) in [5, 5.41) is 2.13. The van der Waals surface area contributed by atoms with Crippen LogP contribution in [0.4, 0.5) is 23.2 Å². The first-order valence-electron chi connectivity index (χ1n) is 6.79. The highest BCUT2D eigenvalue weighted by molar-refractivity contribution is 6.05. The molecule has 0 aliphatic heterocycles. The van der Waals surface area contributed by atoms with Crippen molar-refractivity contribution >= 4 is 11.6 Å². The van der Waals surface area contributed by atoms with Gasteiger partial charge in [0.15, 0.2) is 17.4 Å². The summed E-state index contributed by atoms with van der Waals surface area (Å²) in [5.74, 6) is -9.61. The summed E-state index contributed by atoms with van der Waals surface area (Å²) in [6, 6.07) is 4.25. The van der Waals surface area contributed by atoms with Crippen LogP contribution in [0.15, 0.2) is 18.2 Å². The molecule has 1 amide bonds. The van der Waals surface area contributed by atoms with Crippen molar-refractivity contribution in [3.63, 3.8) is 0 Å². The van der Waals surface area contributed by atoms with E-state index >= 15 is 0 Å². The lowest BCUT2D eigenvalue weighted by Crippen LogP contribution is -2.19. The smallest absolute Gasteiger partial charge is 0.261 e. The zero-order valence-corrected chi connectivity index (χ0v) is 13.4. The van der Waals surface area contributed by atoms with Crippen LogP contribution >= 0.6 is 0 Å². The minimum atomic E-state index is -1.88.